The maximum Gasteiger partial charge on any atom is 0.225 e. The van der Waals surface area contributed by atoms with Gasteiger partial charge in [-0.05, 0) is 18.3 Å². The minimum Gasteiger partial charge on any atom is -0.355 e. The van der Waals surface area contributed by atoms with Crippen LogP contribution in [0.3, 0.4) is 0 Å². The molecule has 2 amide bonds. The average Bonchev–Trinajstić information content (AvgIpc) is 2.25. The average molecular weight is 272 g/mol. The summed E-state index contributed by atoms with van der Waals surface area (Å²) in [4.78, 5) is 25.0. The Bertz CT molecular complexity index is 320. The second-order valence-corrected chi connectivity index (χ2v) is 7.24. The highest BCUT2D eigenvalue weighted by Crippen LogP contribution is 2.30. The number of carbonyl (C=O) groups is 2. The van der Waals surface area contributed by atoms with Crippen LogP contribution in [0.15, 0.2) is 0 Å². The van der Waals surface area contributed by atoms with Crippen LogP contribution in [0, 0.1) is 10.8 Å². The zero-order valence-corrected chi connectivity index (χ0v) is 13.6. The maximum atomic E-state index is 12.1. The van der Waals surface area contributed by atoms with E-state index in [0.717, 1.165) is 12.8 Å². The first-order chi connectivity index (χ1) is 8.46. The first-order valence-corrected chi connectivity index (χ1v) is 6.94. The van der Waals surface area contributed by atoms with Gasteiger partial charge in [0.25, 0.3) is 0 Å². The van der Waals surface area contributed by atoms with Gasteiger partial charge in [0, 0.05) is 33.9 Å². The molecule has 4 heteroatoms. The number of nitrogens with one attached hydrogen (secondary N) is 1. The summed E-state index contributed by atoms with van der Waals surface area (Å²) in [5, 5.41) is 2.86. The number of hydrogen-bond acceptors (Lipinski definition) is 2. The van der Waals surface area contributed by atoms with Gasteiger partial charge in [-0.25, -0.2) is 0 Å². The SMILES string of the molecule is CN(C)C(=O)CCNC(=O)C(C)(C)CCC(C)(C)C.[HH]. The lowest BCUT2D eigenvalue weighted by Gasteiger charge is -2.28. The van der Waals surface area contributed by atoms with E-state index >= 15 is 0 Å². The van der Waals surface area contributed by atoms with Crippen molar-refractivity contribution in [2.45, 2.75) is 53.9 Å². The molecule has 1 N–H and O–H groups in total. The van der Waals surface area contributed by atoms with Crippen LogP contribution >= 0.6 is 0 Å². The first kappa shape index (κ1) is 17.9. The van der Waals surface area contributed by atoms with Crippen molar-refractivity contribution < 1.29 is 11.0 Å². The zero-order chi connectivity index (χ0) is 15.3. The predicted molar refractivity (Wildman–Crippen MR) is 80.9 cm³/mol. The Kier molecular flexibility index (Phi) is 6.53. The van der Waals surface area contributed by atoms with Gasteiger partial charge in [0.2, 0.25) is 11.8 Å². The molecule has 19 heavy (non-hydrogen) atoms. The Morgan fingerprint density at radius 2 is 1.58 bits per heavy atom. The van der Waals surface area contributed by atoms with Gasteiger partial charge in [0.05, 0.1) is 0 Å². The van der Waals surface area contributed by atoms with Crippen molar-refractivity contribution in [3.63, 3.8) is 0 Å². The number of carbonyl (C=O) groups excluding carboxylic acids is 2. The largest absolute Gasteiger partial charge is 0.355 e. The molecule has 0 aliphatic carbocycles. The van der Waals surface area contributed by atoms with Crippen molar-refractivity contribution in [2.75, 3.05) is 20.6 Å². The lowest BCUT2D eigenvalue weighted by Crippen LogP contribution is -2.39. The minimum atomic E-state index is -0.381. The molecule has 0 atom stereocenters. The van der Waals surface area contributed by atoms with Crippen molar-refractivity contribution in [3.05, 3.63) is 0 Å². The van der Waals surface area contributed by atoms with Crippen molar-refractivity contribution in [1.82, 2.24) is 10.2 Å². The molecule has 0 aromatic carbocycles. The van der Waals surface area contributed by atoms with E-state index in [-0.39, 0.29) is 24.1 Å². The van der Waals surface area contributed by atoms with E-state index in [4.69, 9.17) is 0 Å². The molecule has 0 saturated carbocycles. The molecule has 0 bridgehead atoms. The van der Waals surface area contributed by atoms with Crippen LogP contribution in [-0.2, 0) is 9.59 Å². The summed E-state index contributed by atoms with van der Waals surface area (Å²) in [6.07, 6.45) is 2.21. The molecule has 114 valence electrons. The third-order valence-electron chi connectivity index (χ3n) is 3.24. The van der Waals surface area contributed by atoms with Crippen molar-refractivity contribution in [3.8, 4) is 0 Å². The fourth-order valence-electron chi connectivity index (χ4n) is 1.55. The molecule has 0 radical (unpaired) electrons. The van der Waals surface area contributed by atoms with Crippen LogP contribution < -0.4 is 5.32 Å². The number of amides is 2. The number of hydrogen-bond donors (Lipinski definition) is 1. The quantitative estimate of drug-likeness (QED) is 0.808. The molecule has 0 heterocycles. The van der Waals surface area contributed by atoms with Gasteiger partial charge in [0.1, 0.15) is 0 Å². The second-order valence-electron chi connectivity index (χ2n) is 7.24. The first-order valence-electron chi connectivity index (χ1n) is 6.94. The Morgan fingerprint density at radius 3 is 2.00 bits per heavy atom. The topological polar surface area (TPSA) is 49.4 Å². The van der Waals surface area contributed by atoms with E-state index in [1.807, 2.05) is 13.8 Å². The monoisotopic (exact) mass is 272 g/mol. The molecule has 0 rings (SSSR count). The number of nitrogens with zero attached hydrogens (tertiary/aromatic N) is 1. The summed E-state index contributed by atoms with van der Waals surface area (Å²) in [6, 6.07) is 0. The molecule has 0 aromatic heterocycles. The fourth-order valence-corrected chi connectivity index (χ4v) is 1.55. The highest BCUT2D eigenvalue weighted by molar-refractivity contribution is 5.82. The fraction of sp³-hybridized carbons (Fsp3) is 0.867. The van der Waals surface area contributed by atoms with Crippen molar-refractivity contribution in [1.29, 1.82) is 0 Å². The van der Waals surface area contributed by atoms with E-state index in [2.05, 4.69) is 26.1 Å². The Hall–Kier alpha value is -1.06. The van der Waals surface area contributed by atoms with Gasteiger partial charge in [-0.2, -0.15) is 0 Å². The highest BCUT2D eigenvalue weighted by Gasteiger charge is 2.28. The summed E-state index contributed by atoms with van der Waals surface area (Å²) < 4.78 is 0. The Morgan fingerprint density at radius 1 is 1.05 bits per heavy atom. The van der Waals surface area contributed by atoms with Crippen LogP contribution in [0.1, 0.15) is 55.3 Å². The van der Waals surface area contributed by atoms with Crippen molar-refractivity contribution in [2.24, 2.45) is 10.8 Å². The predicted octanol–water partition coefficient (Wildman–Crippen LogP) is 2.68. The molecule has 0 fully saturated rings. The van der Waals surface area contributed by atoms with E-state index in [0.29, 0.717) is 13.0 Å². The standard InChI is InChI=1S/C15H30N2O2.H2/c1-14(2,3)9-10-15(4,5)13(19)16-11-8-12(18)17(6)7;/h8-11H2,1-7H3,(H,16,19);1H. The number of rotatable bonds is 6. The molecule has 0 spiro atoms. The summed E-state index contributed by atoms with van der Waals surface area (Å²) in [5.41, 5.74) is -0.146. The van der Waals surface area contributed by atoms with Gasteiger partial charge in [-0.15, -0.1) is 0 Å². The normalized spacial score (nSPS) is 12.2. The van der Waals surface area contributed by atoms with Crippen LogP contribution in [0.5, 0.6) is 0 Å². The smallest absolute Gasteiger partial charge is 0.225 e. The van der Waals surface area contributed by atoms with Crippen molar-refractivity contribution >= 4 is 11.8 Å². The summed E-state index contributed by atoms with van der Waals surface area (Å²) in [6.45, 7) is 10.9. The van der Waals surface area contributed by atoms with E-state index in [1.54, 1.807) is 14.1 Å². The lowest BCUT2D eigenvalue weighted by atomic mass is 9.79. The van der Waals surface area contributed by atoms with E-state index in [9.17, 15) is 9.59 Å². The van der Waals surface area contributed by atoms with Crippen LogP contribution in [0.4, 0.5) is 0 Å². The lowest BCUT2D eigenvalue weighted by molar-refractivity contribution is -0.131. The van der Waals surface area contributed by atoms with Gasteiger partial charge in [0.15, 0.2) is 0 Å². The third kappa shape index (κ3) is 7.85. The second kappa shape index (κ2) is 6.92. The molecule has 0 aromatic rings. The molecule has 4 nitrogen and oxygen atoms in total. The van der Waals surface area contributed by atoms with Gasteiger partial charge in [-0.1, -0.05) is 34.6 Å². The molecule has 0 aliphatic rings. The van der Waals surface area contributed by atoms with Gasteiger partial charge in [-0.3, -0.25) is 9.59 Å². The van der Waals surface area contributed by atoms with Crippen LogP contribution in [0.25, 0.3) is 0 Å². The third-order valence-corrected chi connectivity index (χ3v) is 3.24. The highest BCUT2D eigenvalue weighted by atomic mass is 16.2. The van der Waals surface area contributed by atoms with Gasteiger partial charge >= 0.3 is 0 Å². The minimum absolute atomic E-state index is 0. The summed E-state index contributed by atoms with van der Waals surface area (Å²) >= 11 is 0. The maximum absolute atomic E-state index is 12.1. The molecular weight excluding hydrogens is 240 g/mol. The molecule has 0 unspecified atom stereocenters. The molecule has 0 saturated heterocycles. The summed E-state index contributed by atoms with van der Waals surface area (Å²) in [5.74, 6) is 0.0658. The molecular formula is C15H32N2O2. The van der Waals surface area contributed by atoms with Gasteiger partial charge < -0.3 is 10.2 Å². The van der Waals surface area contributed by atoms with Crippen LogP contribution in [0.2, 0.25) is 0 Å². The van der Waals surface area contributed by atoms with E-state index < -0.39 is 0 Å². The molecule has 0 aliphatic heterocycles. The summed E-state index contributed by atoms with van der Waals surface area (Å²) in [7, 11) is 3.44. The Labute approximate surface area is 119 Å². The zero-order valence-electron chi connectivity index (χ0n) is 13.6. The van der Waals surface area contributed by atoms with E-state index in [1.165, 1.54) is 4.90 Å². The van der Waals surface area contributed by atoms with Crippen LogP contribution in [-0.4, -0.2) is 37.4 Å². The Balaban J connectivity index is 0.